The van der Waals surface area contributed by atoms with Crippen molar-refractivity contribution in [2.75, 3.05) is 7.11 Å². The predicted molar refractivity (Wildman–Crippen MR) is 90.4 cm³/mol. The Morgan fingerprint density at radius 3 is 2.55 bits per heavy atom. The van der Waals surface area contributed by atoms with E-state index in [9.17, 15) is 9.59 Å². The van der Waals surface area contributed by atoms with E-state index in [1.54, 1.807) is 30.3 Å². The topological polar surface area (TPSA) is 56.5 Å². The average molecular weight is 363 g/mol. The van der Waals surface area contributed by atoms with Gasteiger partial charge in [-0.25, -0.2) is 4.79 Å². The lowest BCUT2D eigenvalue weighted by molar-refractivity contribution is 0.0601. The van der Waals surface area contributed by atoms with Gasteiger partial charge in [-0.2, -0.15) is 0 Å². The summed E-state index contributed by atoms with van der Waals surface area (Å²) in [5.41, 5.74) is 1.04. The largest absolute Gasteiger partial charge is 0.465 e. The maximum atomic E-state index is 12.4. The molecule has 114 valence electrons. The monoisotopic (exact) mass is 362 g/mol. The Morgan fingerprint density at radius 1 is 1.14 bits per heavy atom. The highest BCUT2D eigenvalue weighted by molar-refractivity contribution is 9.10. The van der Waals surface area contributed by atoms with Crippen LogP contribution in [0.2, 0.25) is 0 Å². The number of hydrogen-bond acceptors (Lipinski definition) is 4. The van der Waals surface area contributed by atoms with Crippen LogP contribution in [-0.4, -0.2) is 13.1 Å². The number of fused-ring (bicyclic) bond motifs is 2. The quantitative estimate of drug-likeness (QED) is 0.471. The van der Waals surface area contributed by atoms with E-state index in [0.29, 0.717) is 32.0 Å². The summed E-state index contributed by atoms with van der Waals surface area (Å²) < 4.78 is 11.1. The van der Waals surface area contributed by atoms with Gasteiger partial charge in [0.25, 0.3) is 0 Å². The van der Waals surface area contributed by atoms with Gasteiger partial charge in [0.05, 0.1) is 27.9 Å². The summed E-state index contributed by atoms with van der Waals surface area (Å²) >= 11 is 3.35. The number of esters is 1. The number of hydrogen-bond donors (Lipinski definition) is 0. The van der Waals surface area contributed by atoms with Crippen LogP contribution < -0.4 is 5.43 Å². The normalized spacial score (nSPS) is 10.2. The van der Waals surface area contributed by atoms with E-state index >= 15 is 0 Å². The number of methoxy groups -OCH3 is 1. The molecule has 0 saturated carbocycles. The van der Waals surface area contributed by atoms with Gasteiger partial charge in [0, 0.05) is 0 Å². The van der Waals surface area contributed by atoms with E-state index in [4.69, 9.17) is 4.42 Å². The number of ether oxygens (including phenoxy) is 1. The first-order valence-electron chi connectivity index (χ1n) is 6.85. The second kappa shape index (κ2) is 6.75. The van der Waals surface area contributed by atoms with Crippen LogP contribution in [-0.2, 0) is 4.74 Å². The molecule has 0 amide bonds. The molecule has 3 rings (SSSR count). The molecule has 5 heteroatoms. The average Bonchev–Trinajstić information content (AvgIpc) is 2.57. The molecular formula is C17H15BrO4. The minimum atomic E-state index is -0.471. The fourth-order valence-electron chi connectivity index (χ4n) is 2.09. The van der Waals surface area contributed by atoms with Gasteiger partial charge in [-0.05, 0) is 46.3 Å². The summed E-state index contributed by atoms with van der Waals surface area (Å²) in [7, 11) is 1.31. The molecule has 22 heavy (non-hydrogen) atoms. The summed E-state index contributed by atoms with van der Waals surface area (Å²) in [5, 5.41) is 0.931. The molecule has 0 aliphatic heterocycles. The van der Waals surface area contributed by atoms with Gasteiger partial charge < -0.3 is 9.15 Å². The molecule has 4 nitrogen and oxygen atoms in total. The second-order valence-electron chi connectivity index (χ2n) is 4.25. The summed E-state index contributed by atoms with van der Waals surface area (Å²) in [5.74, 6) is -0.471. The molecule has 0 unspecified atom stereocenters. The lowest BCUT2D eigenvalue weighted by Crippen LogP contribution is -2.05. The number of carbonyl (C=O) groups excluding carboxylic acids is 1. The minimum absolute atomic E-state index is 0.126. The third-order valence-electron chi connectivity index (χ3n) is 3.07. The van der Waals surface area contributed by atoms with Gasteiger partial charge >= 0.3 is 5.97 Å². The number of para-hydroxylation sites is 1. The Bertz CT molecular complexity index is 896. The molecule has 0 radical (unpaired) electrons. The Balaban J connectivity index is 0.000000847. The van der Waals surface area contributed by atoms with E-state index in [1.807, 2.05) is 13.8 Å². The maximum absolute atomic E-state index is 12.4. The lowest BCUT2D eigenvalue weighted by atomic mass is 10.1. The van der Waals surface area contributed by atoms with Crippen molar-refractivity contribution in [1.82, 2.24) is 0 Å². The number of carbonyl (C=O) groups is 1. The van der Waals surface area contributed by atoms with Crippen molar-refractivity contribution in [3.63, 3.8) is 0 Å². The molecule has 0 aliphatic rings. The third kappa shape index (κ3) is 2.76. The van der Waals surface area contributed by atoms with Gasteiger partial charge in [-0.1, -0.05) is 19.9 Å². The van der Waals surface area contributed by atoms with E-state index in [0.717, 1.165) is 0 Å². The minimum Gasteiger partial charge on any atom is -0.465 e. The van der Waals surface area contributed by atoms with Crippen molar-refractivity contribution < 1.29 is 13.9 Å². The van der Waals surface area contributed by atoms with Crippen LogP contribution in [0.1, 0.15) is 24.2 Å². The SMILES string of the molecule is CC.COC(=O)c1ccc2c(=O)c3cccc(Br)c3oc2c1. The molecule has 0 atom stereocenters. The fraction of sp³-hybridized carbons (Fsp3) is 0.176. The van der Waals surface area contributed by atoms with Gasteiger partial charge in [0.15, 0.2) is 5.58 Å². The molecule has 0 bridgehead atoms. The lowest BCUT2D eigenvalue weighted by Gasteiger charge is -2.04. The van der Waals surface area contributed by atoms with E-state index in [2.05, 4.69) is 20.7 Å². The van der Waals surface area contributed by atoms with Crippen LogP contribution in [0.15, 0.2) is 50.1 Å². The second-order valence-corrected chi connectivity index (χ2v) is 5.10. The smallest absolute Gasteiger partial charge is 0.337 e. The van der Waals surface area contributed by atoms with E-state index in [1.165, 1.54) is 13.2 Å². The third-order valence-corrected chi connectivity index (χ3v) is 3.70. The van der Waals surface area contributed by atoms with Crippen LogP contribution in [0, 0.1) is 0 Å². The van der Waals surface area contributed by atoms with Crippen LogP contribution in [0.25, 0.3) is 21.9 Å². The molecular weight excluding hydrogens is 348 g/mol. The van der Waals surface area contributed by atoms with Crippen molar-refractivity contribution in [2.45, 2.75) is 13.8 Å². The molecule has 1 aromatic heterocycles. The summed E-state index contributed by atoms with van der Waals surface area (Å²) in [4.78, 5) is 23.9. The highest BCUT2D eigenvalue weighted by atomic mass is 79.9. The van der Waals surface area contributed by atoms with Gasteiger partial charge in [0.2, 0.25) is 5.43 Å². The first kappa shape index (κ1) is 16.2. The van der Waals surface area contributed by atoms with Crippen molar-refractivity contribution >= 4 is 43.8 Å². The van der Waals surface area contributed by atoms with Gasteiger partial charge in [0.1, 0.15) is 5.58 Å². The molecule has 0 fully saturated rings. The Labute approximate surface area is 135 Å². The zero-order valence-corrected chi connectivity index (χ0v) is 14.1. The van der Waals surface area contributed by atoms with Gasteiger partial charge in [-0.3, -0.25) is 4.79 Å². The predicted octanol–water partition coefficient (Wildman–Crippen LogP) is 4.52. The van der Waals surface area contributed by atoms with Crippen LogP contribution in [0.3, 0.4) is 0 Å². The number of halogens is 1. The van der Waals surface area contributed by atoms with E-state index in [-0.39, 0.29) is 5.43 Å². The molecule has 0 spiro atoms. The highest BCUT2D eigenvalue weighted by Gasteiger charge is 2.12. The standard InChI is InChI=1S/C15H9BrO4.C2H6/c1-19-15(18)8-5-6-9-12(7-8)20-14-10(13(9)17)3-2-4-11(14)16;1-2/h2-7H,1H3;1-2H3. The van der Waals surface area contributed by atoms with E-state index < -0.39 is 5.97 Å². The summed E-state index contributed by atoms with van der Waals surface area (Å²) in [6.07, 6.45) is 0. The van der Waals surface area contributed by atoms with Crippen molar-refractivity contribution in [3.05, 3.63) is 56.7 Å². The Morgan fingerprint density at radius 2 is 1.86 bits per heavy atom. The fourth-order valence-corrected chi connectivity index (χ4v) is 2.53. The Kier molecular flexibility index (Phi) is 4.98. The number of rotatable bonds is 1. The summed E-state index contributed by atoms with van der Waals surface area (Å²) in [6, 6.07) is 9.92. The molecule has 0 saturated heterocycles. The van der Waals surface area contributed by atoms with Crippen LogP contribution >= 0.6 is 15.9 Å². The molecule has 0 aliphatic carbocycles. The molecule has 1 heterocycles. The molecule has 3 aromatic rings. The van der Waals surface area contributed by atoms with Crippen molar-refractivity contribution in [3.8, 4) is 0 Å². The summed E-state index contributed by atoms with van der Waals surface area (Å²) in [6.45, 7) is 4.00. The van der Waals surface area contributed by atoms with Crippen LogP contribution in [0.4, 0.5) is 0 Å². The zero-order valence-electron chi connectivity index (χ0n) is 12.5. The number of benzene rings is 2. The Hall–Kier alpha value is -2.14. The van der Waals surface area contributed by atoms with Crippen LogP contribution in [0.5, 0.6) is 0 Å². The highest BCUT2D eigenvalue weighted by Crippen LogP contribution is 2.25. The van der Waals surface area contributed by atoms with Crippen molar-refractivity contribution in [1.29, 1.82) is 0 Å². The molecule has 2 aromatic carbocycles. The van der Waals surface area contributed by atoms with Crippen molar-refractivity contribution in [2.24, 2.45) is 0 Å². The first-order valence-corrected chi connectivity index (χ1v) is 7.64. The zero-order chi connectivity index (χ0) is 16.3. The maximum Gasteiger partial charge on any atom is 0.337 e. The first-order chi connectivity index (χ1) is 10.6. The molecule has 0 N–H and O–H groups in total. The van der Waals surface area contributed by atoms with Gasteiger partial charge in [-0.15, -0.1) is 0 Å².